The highest BCUT2D eigenvalue weighted by Crippen LogP contribution is 2.26. The van der Waals surface area contributed by atoms with Gasteiger partial charge in [0.05, 0.1) is 12.1 Å². The summed E-state index contributed by atoms with van der Waals surface area (Å²) < 4.78 is 5.55. The van der Waals surface area contributed by atoms with E-state index < -0.39 is 0 Å². The highest BCUT2D eigenvalue weighted by Gasteiger charge is 2.28. The minimum Gasteiger partial charge on any atom is -0.383 e. The topological polar surface area (TPSA) is 73.1 Å². The van der Waals surface area contributed by atoms with Gasteiger partial charge in [0.15, 0.2) is 0 Å². The van der Waals surface area contributed by atoms with Crippen molar-refractivity contribution in [1.82, 2.24) is 9.97 Å². The van der Waals surface area contributed by atoms with E-state index in [1.165, 1.54) is 0 Å². The van der Waals surface area contributed by atoms with Crippen LogP contribution in [0, 0.1) is 6.92 Å². The summed E-state index contributed by atoms with van der Waals surface area (Å²) in [6.07, 6.45) is 2.94. The number of aryl methyl sites for hydroxylation is 1. The van der Waals surface area contributed by atoms with Crippen LogP contribution in [0.3, 0.4) is 0 Å². The summed E-state index contributed by atoms with van der Waals surface area (Å²) in [5, 5.41) is 3.48. The maximum Gasteiger partial charge on any atom is 0.135 e. The number of ether oxygens (including phenoxy) is 1. The van der Waals surface area contributed by atoms with Crippen molar-refractivity contribution in [2.45, 2.75) is 45.6 Å². The molecule has 1 fully saturated rings. The highest BCUT2D eigenvalue weighted by atomic mass is 16.5. The third-order valence-corrected chi connectivity index (χ3v) is 3.40. The summed E-state index contributed by atoms with van der Waals surface area (Å²) >= 11 is 0. The molecule has 0 amide bonds. The van der Waals surface area contributed by atoms with Gasteiger partial charge in [-0.05, 0) is 26.7 Å². The Bertz CT molecular complexity index is 427. The van der Waals surface area contributed by atoms with Gasteiger partial charge in [-0.2, -0.15) is 0 Å². The molecule has 3 N–H and O–H groups in total. The van der Waals surface area contributed by atoms with Crippen molar-refractivity contribution in [3.8, 4) is 0 Å². The number of nitrogen functional groups attached to an aromatic ring is 1. The van der Waals surface area contributed by atoms with Crippen molar-refractivity contribution >= 4 is 11.6 Å². The van der Waals surface area contributed by atoms with Crippen molar-refractivity contribution in [1.29, 1.82) is 0 Å². The molecular formula is C13H22N4O. The zero-order chi connectivity index (χ0) is 13.2. The van der Waals surface area contributed by atoms with Crippen molar-refractivity contribution in [2.75, 3.05) is 24.3 Å². The minimum atomic E-state index is -0.0607. The average Bonchev–Trinajstić information content (AvgIpc) is 2.35. The van der Waals surface area contributed by atoms with E-state index in [2.05, 4.69) is 22.2 Å². The Hall–Kier alpha value is -1.36. The van der Waals surface area contributed by atoms with E-state index in [4.69, 9.17) is 10.5 Å². The highest BCUT2D eigenvalue weighted by molar-refractivity contribution is 5.56. The Balaban J connectivity index is 2.24. The first kappa shape index (κ1) is 13.1. The molecule has 1 saturated heterocycles. The Labute approximate surface area is 108 Å². The second-order valence-electron chi connectivity index (χ2n) is 5.19. The summed E-state index contributed by atoms with van der Waals surface area (Å²) in [5.41, 5.74) is 6.78. The normalized spacial score (nSPS) is 23.9. The number of hydrogen-bond donors (Lipinski definition) is 2. The summed E-state index contributed by atoms with van der Waals surface area (Å²) in [6.45, 7) is 7.69. The van der Waals surface area contributed by atoms with Crippen molar-refractivity contribution in [3.05, 3.63) is 11.4 Å². The van der Waals surface area contributed by atoms with Gasteiger partial charge in [-0.3, -0.25) is 0 Å². The SMILES string of the molecule is CCc1nc(N)c(C)c(NC2(C)CCCOC2)n1. The van der Waals surface area contributed by atoms with Gasteiger partial charge in [-0.25, -0.2) is 9.97 Å². The summed E-state index contributed by atoms with van der Waals surface area (Å²) in [5.74, 6) is 2.18. The van der Waals surface area contributed by atoms with Gasteiger partial charge in [-0.15, -0.1) is 0 Å². The lowest BCUT2D eigenvalue weighted by Gasteiger charge is -2.35. The van der Waals surface area contributed by atoms with Gasteiger partial charge < -0.3 is 15.8 Å². The van der Waals surface area contributed by atoms with Gasteiger partial charge in [0, 0.05) is 18.6 Å². The quantitative estimate of drug-likeness (QED) is 0.857. The lowest BCUT2D eigenvalue weighted by atomic mass is 9.95. The van der Waals surface area contributed by atoms with E-state index in [1.807, 2.05) is 13.8 Å². The smallest absolute Gasteiger partial charge is 0.135 e. The van der Waals surface area contributed by atoms with Crippen LogP contribution >= 0.6 is 0 Å². The van der Waals surface area contributed by atoms with Crippen LogP contribution in [-0.4, -0.2) is 28.7 Å². The third-order valence-electron chi connectivity index (χ3n) is 3.40. The first-order valence-corrected chi connectivity index (χ1v) is 6.53. The maximum atomic E-state index is 5.92. The molecule has 18 heavy (non-hydrogen) atoms. The molecule has 0 spiro atoms. The molecular weight excluding hydrogens is 228 g/mol. The Kier molecular flexibility index (Phi) is 3.71. The van der Waals surface area contributed by atoms with E-state index in [0.717, 1.165) is 43.1 Å². The third kappa shape index (κ3) is 2.72. The van der Waals surface area contributed by atoms with E-state index in [1.54, 1.807) is 0 Å². The number of anilines is 2. The van der Waals surface area contributed by atoms with Gasteiger partial charge in [0.25, 0.3) is 0 Å². The summed E-state index contributed by atoms with van der Waals surface area (Å²) in [6, 6.07) is 0. The summed E-state index contributed by atoms with van der Waals surface area (Å²) in [4.78, 5) is 8.80. The molecule has 0 bridgehead atoms. The zero-order valence-corrected chi connectivity index (χ0v) is 11.4. The number of aromatic nitrogens is 2. The van der Waals surface area contributed by atoms with Crippen LogP contribution in [0.15, 0.2) is 0 Å². The monoisotopic (exact) mass is 250 g/mol. The molecule has 1 aliphatic heterocycles. The van der Waals surface area contributed by atoms with Crippen molar-refractivity contribution < 1.29 is 4.74 Å². The van der Waals surface area contributed by atoms with Crippen LogP contribution in [0.5, 0.6) is 0 Å². The Morgan fingerprint density at radius 2 is 2.22 bits per heavy atom. The second kappa shape index (κ2) is 5.10. The lowest BCUT2D eigenvalue weighted by Crippen LogP contribution is -2.43. The van der Waals surface area contributed by atoms with Crippen molar-refractivity contribution in [3.63, 3.8) is 0 Å². The molecule has 1 unspecified atom stereocenters. The van der Waals surface area contributed by atoms with Gasteiger partial charge in [0.1, 0.15) is 17.5 Å². The molecule has 0 saturated carbocycles. The zero-order valence-electron chi connectivity index (χ0n) is 11.4. The maximum absolute atomic E-state index is 5.92. The first-order valence-electron chi connectivity index (χ1n) is 6.53. The number of rotatable bonds is 3. The molecule has 0 aliphatic carbocycles. The predicted octanol–water partition coefficient (Wildman–Crippen LogP) is 1.91. The molecule has 1 atom stereocenters. The minimum absolute atomic E-state index is 0.0607. The average molecular weight is 250 g/mol. The fourth-order valence-corrected chi connectivity index (χ4v) is 2.18. The van der Waals surface area contributed by atoms with E-state index in [0.29, 0.717) is 12.4 Å². The number of nitrogens with one attached hydrogen (secondary N) is 1. The van der Waals surface area contributed by atoms with Gasteiger partial charge in [-0.1, -0.05) is 6.92 Å². The molecule has 1 aromatic rings. The second-order valence-corrected chi connectivity index (χ2v) is 5.19. The molecule has 5 nitrogen and oxygen atoms in total. The van der Waals surface area contributed by atoms with E-state index >= 15 is 0 Å². The number of nitrogens with two attached hydrogens (primary N) is 1. The van der Waals surface area contributed by atoms with Crippen LogP contribution in [0.4, 0.5) is 11.6 Å². The molecule has 100 valence electrons. The van der Waals surface area contributed by atoms with Crippen LogP contribution < -0.4 is 11.1 Å². The first-order chi connectivity index (χ1) is 8.54. The van der Waals surface area contributed by atoms with Crippen LogP contribution in [0.2, 0.25) is 0 Å². The molecule has 0 radical (unpaired) electrons. The largest absolute Gasteiger partial charge is 0.383 e. The number of hydrogen-bond acceptors (Lipinski definition) is 5. The fraction of sp³-hybridized carbons (Fsp3) is 0.692. The molecule has 2 heterocycles. The van der Waals surface area contributed by atoms with Gasteiger partial charge >= 0.3 is 0 Å². The standard InChI is InChI=1S/C13H22N4O/c1-4-10-15-11(14)9(2)12(16-10)17-13(3)6-5-7-18-8-13/h4-8H2,1-3H3,(H3,14,15,16,17). The van der Waals surface area contributed by atoms with Gasteiger partial charge in [0.2, 0.25) is 0 Å². The van der Waals surface area contributed by atoms with E-state index in [-0.39, 0.29) is 5.54 Å². The lowest BCUT2D eigenvalue weighted by molar-refractivity contribution is 0.0538. The molecule has 1 aromatic heterocycles. The number of nitrogens with zero attached hydrogens (tertiary/aromatic N) is 2. The molecule has 0 aromatic carbocycles. The molecule has 2 rings (SSSR count). The van der Waals surface area contributed by atoms with Crippen LogP contribution in [-0.2, 0) is 11.2 Å². The van der Waals surface area contributed by atoms with Crippen molar-refractivity contribution in [2.24, 2.45) is 0 Å². The molecule has 1 aliphatic rings. The van der Waals surface area contributed by atoms with E-state index in [9.17, 15) is 0 Å². The predicted molar refractivity (Wildman–Crippen MR) is 72.6 cm³/mol. The Morgan fingerprint density at radius 1 is 1.44 bits per heavy atom. The fourth-order valence-electron chi connectivity index (χ4n) is 2.18. The van der Waals surface area contributed by atoms with Crippen LogP contribution in [0.25, 0.3) is 0 Å². The molecule has 5 heteroatoms. The summed E-state index contributed by atoms with van der Waals surface area (Å²) in [7, 11) is 0. The van der Waals surface area contributed by atoms with Crippen LogP contribution in [0.1, 0.15) is 38.1 Å². The Morgan fingerprint density at radius 3 is 2.83 bits per heavy atom.